The van der Waals surface area contributed by atoms with Crippen LogP contribution in [0, 0.1) is 11.3 Å². The van der Waals surface area contributed by atoms with E-state index >= 15 is 0 Å². The number of para-hydroxylation sites is 1. The molecule has 0 bridgehead atoms. The van der Waals surface area contributed by atoms with Gasteiger partial charge < -0.3 is 15.6 Å². The number of nitrogens with zero attached hydrogens (tertiary/aromatic N) is 2. The fourth-order valence-corrected chi connectivity index (χ4v) is 5.34. The monoisotopic (exact) mass is 534 g/mol. The van der Waals surface area contributed by atoms with Gasteiger partial charge in [-0.3, -0.25) is 19.1 Å². The summed E-state index contributed by atoms with van der Waals surface area (Å²) in [4.78, 5) is 43.1. The lowest BCUT2D eigenvalue weighted by Crippen LogP contribution is -2.15. The Bertz CT molecular complexity index is 1990. The topological polar surface area (TPSA) is 157 Å². The number of amides is 2. The van der Waals surface area contributed by atoms with Crippen molar-refractivity contribution in [3.63, 3.8) is 0 Å². The Morgan fingerprint density at radius 2 is 1.87 bits per heavy atom. The minimum Gasteiger partial charge on any atom is -0.349 e. The first-order valence-corrected chi connectivity index (χ1v) is 12.6. The highest BCUT2D eigenvalue weighted by molar-refractivity contribution is 7.17. The van der Waals surface area contributed by atoms with Crippen molar-refractivity contribution in [2.75, 3.05) is 10.6 Å². The molecular weight excluding hydrogens is 516 g/mol. The van der Waals surface area contributed by atoms with E-state index in [0.717, 1.165) is 21.0 Å². The number of thiophene rings is 1. The molecular formula is C28H18N6O4S. The van der Waals surface area contributed by atoms with E-state index in [4.69, 9.17) is 0 Å². The maximum Gasteiger partial charge on any atom is 0.439 e. The molecule has 10 nitrogen and oxygen atoms in total. The minimum absolute atomic E-state index is 0.0763. The lowest BCUT2D eigenvalue weighted by atomic mass is 10.1. The molecule has 0 aliphatic heterocycles. The van der Waals surface area contributed by atoms with E-state index in [1.54, 1.807) is 35.6 Å². The summed E-state index contributed by atoms with van der Waals surface area (Å²) in [6, 6.07) is 21.6. The van der Waals surface area contributed by atoms with Crippen molar-refractivity contribution < 1.29 is 14.1 Å². The van der Waals surface area contributed by atoms with Crippen LogP contribution in [0.1, 0.15) is 21.6 Å². The van der Waals surface area contributed by atoms with Gasteiger partial charge in [0.25, 0.3) is 5.91 Å². The minimum atomic E-state index is -0.762. The van der Waals surface area contributed by atoms with Crippen LogP contribution < -0.4 is 16.4 Å². The summed E-state index contributed by atoms with van der Waals surface area (Å²) in [5, 5.41) is 22.5. The van der Waals surface area contributed by atoms with E-state index in [2.05, 4.69) is 30.3 Å². The van der Waals surface area contributed by atoms with Crippen molar-refractivity contribution in [3.8, 4) is 17.5 Å². The fourth-order valence-electron chi connectivity index (χ4n) is 4.37. The van der Waals surface area contributed by atoms with E-state index in [1.165, 1.54) is 12.1 Å². The summed E-state index contributed by atoms with van der Waals surface area (Å²) < 4.78 is 5.71. The molecule has 11 heteroatoms. The Kier molecular flexibility index (Phi) is 5.99. The van der Waals surface area contributed by atoms with Crippen LogP contribution in [0.2, 0.25) is 0 Å². The first-order chi connectivity index (χ1) is 19.0. The molecule has 0 aliphatic rings. The van der Waals surface area contributed by atoms with Crippen LogP contribution in [-0.2, 0) is 11.2 Å². The lowest BCUT2D eigenvalue weighted by molar-refractivity contribution is -0.115. The Hall–Kier alpha value is -5.47. The summed E-state index contributed by atoms with van der Waals surface area (Å²) in [5.41, 5.74) is 3.31. The molecule has 0 saturated carbocycles. The Labute approximate surface area is 223 Å². The molecule has 6 aromatic rings. The summed E-state index contributed by atoms with van der Waals surface area (Å²) in [5.74, 6) is -1.32. The van der Waals surface area contributed by atoms with Crippen LogP contribution in [0.3, 0.4) is 0 Å². The Morgan fingerprint density at radius 3 is 2.69 bits per heavy atom. The van der Waals surface area contributed by atoms with Crippen molar-refractivity contribution >= 4 is 55.5 Å². The summed E-state index contributed by atoms with van der Waals surface area (Å²) in [6.07, 6.45) is 0.222. The van der Waals surface area contributed by atoms with Crippen LogP contribution in [0.25, 0.3) is 32.4 Å². The number of nitriles is 1. The number of nitrogens with one attached hydrogen (secondary N) is 4. The molecule has 190 valence electrons. The smallest absolute Gasteiger partial charge is 0.349 e. The maximum atomic E-state index is 13.2. The van der Waals surface area contributed by atoms with Gasteiger partial charge in [-0.2, -0.15) is 5.26 Å². The predicted molar refractivity (Wildman–Crippen MR) is 148 cm³/mol. The van der Waals surface area contributed by atoms with Gasteiger partial charge in [-0.15, -0.1) is 11.3 Å². The molecule has 0 spiro atoms. The third kappa shape index (κ3) is 4.68. The second kappa shape index (κ2) is 9.77. The quantitative estimate of drug-likeness (QED) is 0.235. The van der Waals surface area contributed by atoms with E-state index < -0.39 is 11.7 Å². The van der Waals surface area contributed by atoms with Gasteiger partial charge in [0.15, 0.2) is 5.82 Å². The second-order valence-corrected chi connectivity index (χ2v) is 9.62. The van der Waals surface area contributed by atoms with Gasteiger partial charge >= 0.3 is 5.76 Å². The fraction of sp³-hybridized carbons (Fsp3) is 0.0357. The number of carbonyl (C=O) groups excluding carboxylic acids is 2. The zero-order valence-corrected chi connectivity index (χ0v) is 20.9. The van der Waals surface area contributed by atoms with Crippen LogP contribution in [0.5, 0.6) is 0 Å². The molecule has 39 heavy (non-hydrogen) atoms. The number of rotatable bonds is 6. The van der Waals surface area contributed by atoms with Crippen molar-refractivity contribution in [1.82, 2.24) is 15.1 Å². The average molecular weight is 535 g/mol. The summed E-state index contributed by atoms with van der Waals surface area (Å²) >= 11 is 1.60. The second-order valence-electron chi connectivity index (χ2n) is 8.70. The van der Waals surface area contributed by atoms with Crippen molar-refractivity contribution in [2.24, 2.45) is 0 Å². The van der Waals surface area contributed by atoms with E-state index in [-0.39, 0.29) is 23.8 Å². The van der Waals surface area contributed by atoms with Gasteiger partial charge in [0.1, 0.15) is 5.69 Å². The molecule has 0 aliphatic carbocycles. The predicted octanol–water partition coefficient (Wildman–Crippen LogP) is 5.03. The molecule has 2 amide bonds. The zero-order chi connectivity index (χ0) is 26.9. The molecule has 0 unspecified atom stereocenters. The van der Waals surface area contributed by atoms with Crippen molar-refractivity contribution in [1.29, 1.82) is 5.26 Å². The number of H-pyrrole nitrogens is 2. The summed E-state index contributed by atoms with van der Waals surface area (Å²) in [7, 11) is 0. The van der Waals surface area contributed by atoms with E-state index in [1.807, 2.05) is 41.8 Å². The largest absolute Gasteiger partial charge is 0.439 e. The van der Waals surface area contributed by atoms with Crippen LogP contribution >= 0.6 is 11.3 Å². The van der Waals surface area contributed by atoms with Crippen molar-refractivity contribution in [3.05, 3.63) is 99.5 Å². The molecule has 6 rings (SSSR count). The third-order valence-electron chi connectivity index (χ3n) is 6.18. The van der Waals surface area contributed by atoms with Crippen LogP contribution in [-0.4, -0.2) is 26.9 Å². The Balaban J connectivity index is 1.25. The SMILES string of the molecule is N#Cc1ccc(NC(=O)c2cc3cccc(NC(=O)Cc4csc5ccccc45)c3[nH]2)c(-c2noc(=O)[nH]2)c1. The first-order valence-electron chi connectivity index (χ1n) is 11.8. The highest BCUT2D eigenvalue weighted by Gasteiger charge is 2.18. The molecule has 4 N–H and O–H groups in total. The van der Waals surface area contributed by atoms with Gasteiger partial charge in [0.2, 0.25) is 5.91 Å². The standard InChI is InChI=1S/C28H18N6O4S/c29-13-15-8-9-20(19(10-15)26-33-28(37)38-34-26)32-27(36)22-11-16-4-3-6-21(25(16)31-22)30-24(35)12-17-14-39-23-7-2-1-5-18(17)23/h1-11,14,31H,12H2,(H,30,35)(H,32,36)(H,33,34,37). The molecule has 3 heterocycles. The highest BCUT2D eigenvalue weighted by atomic mass is 32.1. The molecule has 0 saturated heterocycles. The lowest BCUT2D eigenvalue weighted by Gasteiger charge is -2.09. The van der Waals surface area contributed by atoms with Gasteiger partial charge in [0, 0.05) is 15.6 Å². The van der Waals surface area contributed by atoms with Crippen LogP contribution in [0.15, 0.2) is 81.4 Å². The van der Waals surface area contributed by atoms with Gasteiger partial charge in [0.05, 0.1) is 34.9 Å². The van der Waals surface area contributed by atoms with E-state index in [9.17, 15) is 19.6 Å². The summed E-state index contributed by atoms with van der Waals surface area (Å²) in [6.45, 7) is 0. The number of aromatic amines is 2. The third-order valence-corrected chi connectivity index (χ3v) is 7.19. The van der Waals surface area contributed by atoms with Gasteiger partial charge in [-0.1, -0.05) is 35.5 Å². The van der Waals surface area contributed by atoms with Gasteiger partial charge in [-0.05, 0) is 52.7 Å². The molecule has 0 radical (unpaired) electrons. The molecule has 3 aromatic heterocycles. The number of benzene rings is 3. The molecule has 0 fully saturated rings. The molecule has 0 atom stereocenters. The van der Waals surface area contributed by atoms with E-state index in [0.29, 0.717) is 28.0 Å². The number of aromatic nitrogens is 3. The normalized spacial score (nSPS) is 10.9. The number of carbonyl (C=O) groups is 2. The average Bonchev–Trinajstić information content (AvgIpc) is 3.68. The number of anilines is 2. The zero-order valence-electron chi connectivity index (χ0n) is 20.1. The molecule has 3 aromatic carbocycles. The Morgan fingerprint density at radius 1 is 1.00 bits per heavy atom. The van der Waals surface area contributed by atoms with Crippen LogP contribution in [0.4, 0.5) is 11.4 Å². The van der Waals surface area contributed by atoms with Crippen molar-refractivity contribution in [2.45, 2.75) is 6.42 Å². The first kappa shape index (κ1) is 23.9. The van der Waals surface area contributed by atoms with Gasteiger partial charge in [-0.25, -0.2) is 4.79 Å². The number of hydrogen-bond acceptors (Lipinski definition) is 7. The number of hydrogen-bond donors (Lipinski definition) is 4. The number of fused-ring (bicyclic) bond motifs is 2. The maximum absolute atomic E-state index is 13.2. The highest BCUT2D eigenvalue weighted by Crippen LogP contribution is 2.29.